The van der Waals surface area contributed by atoms with E-state index in [1.807, 2.05) is 29.6 Å². The number of carbonyl (C=O) groups is 1. The van der Waals surface area contributed by atoms with Crippen molar-refractivity contribution in [2.45, 2.75) is 0 Å². The van der Waals surface area contributed by atoms with Gasteiger partial charge >= 0.3 is 0 Å². The first kappa shape index (κ1) is 15.1. The Morgan fingerprint density at radius 3 is 2.48 bits per heavy atom. The summed E-state index contributed by atoms with van der Waals surface area (Å²) in [5.74, 6) is 0.507. The van der Waals surface area contributed by atoms with E-state index >= 15 is 0 Å². The molecule has 1 amide bonds. The molecule has 1 heterocycles. The van der Waals surface area contributed by atoms with Crippen molar-refractivity contribution in [3.05, 3.63) is 59.5 Å². The molecule has 0 saturated carbocycles. The van der Waals surface area contributed by atoms with Crippen molar-refractivity contribution in [3.8, 4) is 17.0 Å². The molecule has 0 spiro atoms. The van der Waals surface area contributed by atoms with Crippen molar-refractivity contribution < 1.29 is 9.53 Å². The zero-order valence-electron chi connectivity index (χ0n) is 12.4. The van der Waals surface area contributed by atoms with Gasteiger partial charge in [0.05, 0.1) is 12.8 Å². The van der Waals surface area contributed by atoms with E-state index in [1.54, 1.807) is 31.4 Å². The molecule has 23 heavy (non-hydrogen) atoms. The second-order valence-electron chi connectivity index (χ2n) is 4.84. The number of ether oxygens (including phenoxy) is 1. The van der Waals surface area contributed by atoms with Crippen LogP contribution in [0.15, 0.2) is 53.9 Å². The minimum atomic E-state index is -0.203. The zero-order chi connectivity index (χ0) is 16.2. The fraction of sp³-hybridized carbons (Fsp3) is 0.0588. The average molecular weight is 325 g/mol. The van der Waals surface area contributed by atoms with Gasteiger partial charge in [-0.15, -0.1) is 11.3 Å². The molecule has 0 radical (unpaired) electrons. The number of thiazole rings is 1. The molecule has 0 aliphatic rings. The number of anilines is 2. The number of amides is 1. The fourth-order valence-electron chi connectivity index (χ4n) is 2.03. The Balaban J connectivity index is 1.73. The Morgan fingerprint density at radius 2 is 1.83 bits per heavy atom. The number of nitrogens with zero attached hydrogens (tertiary/aromatic N) is 1. The zero-order valence-corrected chi connectivity index (χ0v) is 13.3. The van der Waals surface area contributed by atoms with E-state index in [1.165, 1.54) is 11.3 Å². The molecule has 0 aliphatic carbocycles. The molecule has 116 valence electrons. The van der Waals surface area contributed by atoms with Gasteiger partial charge in [0, 0.05) is 22.2 Å². The predicted molar refractivity (Wildman–Crippen MR) is 92.9 cm³/mol. The second-order valence-corrected chi connectivity index (χ2v) is 5.70. The van der Waals surface area contributed by atoms with Gasteiger partial charge in [0.1, 0.15) is 5.75 Å². The van der Waals surface area contributed by atoms with Gasteiger partial charge in [-0.1, -0.05) is 12.1 Å². The van der Waals surface area contributed by atoms with E-state index in [2.05, 4.69) is 10.3 Å². The van der Waals surface area contributed by atoms with Gasteiger partial charge in [-0.25, -0.2) is 4.98 Å². The third-order valence-corrected chi connectivity index (χ3v) is 4.04. The summed E-state index contributed by atoms with van der Waals surface area (Å²) in [6.45, 7) is 0. The molecule has 3 N–H and O–H groups in total. The Kier molecular flexibility index (Phi) is 4.25. The number of methoxy groups -OCH3 is 1. The molecule has 6 heteroatoms. The molecule has 0 saturated heterocycles. The van der Waals surface area contributed by atoms with E-state index in [4.69, 9.17) is 10.5 Å². The number of nitrogens with two attached hydrogens (primary N) is 1. The van der Waals surface area contributed by atoms with Gasteiger partial charge in [-0.05, 0) is 36.4 Å². The molecule has 1 aromatic heterocycles. The second kappa shape index (κ2) is 6.50. The monoisotopic (exact) mass is 325 g/mol. The van der Waals surface area contributed by atoms with E-state index < -0.39 is 0 Å². The fourth-order valence-corrected chi connectivity index (χ4v) is 2.74. The molecule has 0 aliphatic heterocycles. The summed E-state index contributed by atoms with van der Waals surface area (Å²) in [5, 5.41) is 5.25. The van der Waals surface area contributed by atoms with Crippen LogP contribution in [0.4, 0.5) is 10.8 Å². The van der Waals surface area contributed by atoms with Crippen LogP contribution < -0.4 is 15.8 Å². The smallest absolute Gasteiger partial charge is 0.257 e. The van der Waals surface area contributed by atoms with Gasteiger partial charge in [0.2, 0.25) is 0 Å². The van der Waals surface area contributed by atoms with Crippen molar-refractivity contribution in [1.29, 1.82) is 0 Å². The van der Waals surface area contributed by atoms with Crippen LogP contribution in [0.5, 0.6) is 5.75 Å². The van der Waals surface area contributed by atoms with Crippen molar-refractivity contribution in [3.63, 3.8) is 0 Å². The summed E-state index contributed by atoms with van der Waals surface area (Å²) in [4.78, 5) is 16.6. The van der Waals surface area contributed by atoms with Crippen molar-refractivity contribution in [2.75, 3.05) is 18.2 Å². The largest absolute Gasteiger partial charge is 0.497 e. The molecular weight excluding hydrogens is 310 g/mol. The van der Waals surface area contributed by atoms with E-state index in [-0.39, 0.29) is 5.91 Å². The Labute approximate surface area is 137 Å². The summed E-state index contributed by atoms with van der Waals surface area (Å²) in [6, 6.07) is 14.4. The molecular formula is C17H15N3O2S. The number of rotatable bonds is 4. The number of nitrogen functional groups attached to an aromatic ring is 1. The lowest BCUT2D eigenvalue weighted by molar-refractivity contribution is 0.102. The number of aromatic nitrogens is 1. The van der Waals surface area contributed by atoms with Crippen LogP contribution in [0.2, 0.25) is 0 Å². The summed E-state index contributed by atoms with van der Waals surface area (Å²) < 4.78 is 5.08. The lowest BCUT2D eigenvalue weighted by Crippen LogP contribution is -2.11. The summed E-state index contributed by atoms with van der Waals surface area (Å²) in [6.07, 6.45) is 0. The molecule has 5 nitrogen and oxygen atoms in total. The quantitative estimate of drug-likeness (QED) is 0.718. The van der Waals surface area contributed by atoms with Gasteiger partial charge in [-0.3, -0.25) is 10.1 Å². The van der Waals surface area contributed by atoms with Crippen LogP contribution in [0.1, 0.15) is 10.4 Å². The molecule has 3 rings (SSSR count). The summed E-state index contributed by atoms with van der Waals surface area (Å²) in [7, 11) is 1.59. The van der Waals surface area contributed by atoms with Gasteiger partial charge in [0.15, 0.2) is 5.13 Å². The van der Waals surface area contributed by atoms with Gasteiger partial charge < -0.3 is 10.5 Å². The van der Waals surface area contributed by atoms with Crippen molar-refractivity contribution in [2.24, 2.45) is 0 Å². The Morgan fingerprint density at radius 1 is 1.13 bits per heavy atom. The summed E-state index contributed by atoms with van der Waals surface area (Å²) >= 11 is 1.38. The highest BCUT2D eigenvalue weighted by atomic mass is 32.1. The predicted octanol–water partition coefficient (Wildman–Crippen LogP) is 3.65. The number of benzene rings is 2. The number of nitrogens with one attached hydrogen (secondary N) is 1. The first-order valence-corrected chi connectivity index (χ1v) is 7.80. The minimum absolute atomic E-state index is 0.203. The van der Waals surface area contributed by atoms with Gasteiger partial charge in [-0.2, -0.15) is 0 Å². The van der Waals surface area contributed by atoms with E-state index in [9.17, 15) is 4.79 Å². The van der Waals surface area contributed by atoms with Crippen LogP contribution >= 0.6 is 11.3 Å². The van der Waals surface area contributed by atoms with E-state index in [0.29, 0.717) is 22.1 Å². The number of hydrogen-bond donors (Lipinski definition) is 2. The Hall–Kier alpha value is -2.86. The highest BCUT2D eigenvalue weighted by Gasteiger charge is 2.10. The minimum Gasteiger partial charge on any atom is -0.497 e. The highest BCUT2D eigenvalue weighted by Crippen LogP contribution is 2.26. The third-order valence-electron chi connectivity index (χ3n) is 3.28. The first-order chi connectivity index (χ1) is 11.2. The van der Waals surface area contributed by atoms with Gasteiger partial charge in [0.25, 0.3) is 5.91 Å². The average Bonchev–Trinajstić information content (AvgIpc) is 3.04. The number of carbonyl (C=O) groups excluding carboxylic acids is 1. The third kappa shape index (κ3) is 3.49. The maximum absolute atomic E-state index is 12.2. The van der Waals surface area contributed by atoms with Crippen LogP contribution in [0, 0.1) is 0 Å². The van der Waals surface area contributed by atoms with Crippen LogP contribution in [0.3, 0.4) is 0 Å². The van der Waals surface area contributed by atoms with E-state index in [0.717, 1.165) is 11.3 Å². The maximum Gasteiger partial charge on any atom is 0.257 e. The summed E-state index contributed by atoms with van der Waals surface area (Å²) in [5.41, 5.74) is 8.70. The standard InChI is InChI=1S/C17H15N3O2S/c1-22-14-8-4-12(5-9-14)16(21)20-17-19-15(10-23-17)11-2-6-13(18)7-3-11/h2-10H,18H2,1H3,(H,19,20,21). The molecule has 0 unspecified atom stereocenters. The number of hydrogen-bond acceptors (Lipinski definition) is 5. The van der Waals surface area contributed by atoms with Crippen LogP contribution in [0.25, 0.3) is 11.3 Å². The lowest BCUT2D eigenvalue weighted by Gasteiger charge is -2.03. The topological polar surface area (TPSA) is 77.2 Å². The van der Waals surface area contributed by atoms with Crippen LogP contribution in [-0.2, 0) is 0 Å². The first-order valence-electron chi connectivity index (χ1n) is 6.92. The normalized spacial score (nSPS) is 10.3. The maximum atomic E-state index is 12.2. The molecule has 2 aromatic carbocycles. The highest BCUT2D eigenvalue weighted by molar-refractivity contribution is 7.14. The Bertz CT molecular complexity index is 811. The molecule has 3 aromatic rings. The van der Waals surface area contributed by atoms with Crippen LogP contribution in [-0.4, -0.2) is 18.0 Å². The molecule has 0 atom stereocenters. The molecule has 0 fully saturated rings. The SMILES string of the molecule is COc1ccc(C(=O)Nc2nc(-c3ccc(N)cc3)cs2)cc1. The van der Waals surface area contributed by atoms with Crippen molar-refractivity contribution >= 4 is 28.1 Å². The lowest BCUT2D eigenvalue weighted by atomic mass is 10.1. The molecule has 0 bridgehead atoms. The van der Waals surface area contributed by atoms with Crippen molar-refractivity contribution in [1.82, 2.24) is 4.98 Å².